The Hall–Kier alpha value is -1.91. The molecule has 0 radical (unpaired) electrons. The molecule has 1 unspecified atom stereocenters. The molecule has 0 N–H and O–H groups in total. The van der Waals surface area contributed by atoms with E-state index < -0.39 is 0 Å². The van der Waals surface area contributed by atoms with Gasteiger partial charge in [0.15, 0.2) is 0 Å². The molecule has 2 aromatic rings. The van der Waals surface area contributed by atoms with Crippen LogP contribution in [0.1, 0.15) is 36.4 Å². The zero-order chi connectivity index (χ0) is 18.7. The van der Waals surface area contributed by atoms with Crippen LogP contribution in [0.25, 0.3) is 0 Å². The van der Waals surface area contributed by atoms with Gasteiger partial charge >= 0.3 is 0 Å². The van der Waals surface area contributed by atoms with Crippen molar-refractivity contribution in [1.82, 2.24) is 14.8 Å². The summed E-state index contributed by atoms with van der Waals surface area (Å²) in [6.07, 6.45) is 5.74. The zero-order valence-corrected chi connectivity index (χ0v) is 16.6. The van der Waals surface area contributed by atoms with Gasteiger partial charge in [-0.3, -0.25) is 9.88 Å². The number of pyridine rings is 1. The highest BCUT2D eigenvalue weighted by Crippen LogP contribution is 2.44. The minimum Gasteiger partial charge on any atom is -0.497 e. The number of piperidine rings is 2. The number of rotatable bonds is 4. The van der Waals surface area contributed by atoms with Crippen LogP contribution in [0.3, 0.4) is 0 Å². The highest BCUT2D eigenvalue weighted by molar-refractivity contribution is 5.23. The molecular formula is C23H31N3O. The molecule has 2 saturated heterocycles. The molecule has 2 aliphatic rings. The molecule has 0 amide bonds. The minimum absolute atomic E-state index is 0.464. The number of nitrogens with zero attached hydrogens (tertiary/aromatic N) is 3. The van der Waals surface area contributed by atoms with Crippen LogP contribution >= 0.6 is 0 Å². The Labute approximate surface area is 163 Å². The topological polar surface area (TPSA) is 28.6 Å². The molecule has 27 heavy (non-hydrogen) atoms. The number of benzene rings is 1. The number of aromatic nitrogens is 1. The Morgan fingerprint density at radius 3 is 2.67 bits per heavy atom. The number of likely N-dealkylation sites (N-methyl/N-ethyl adjacent to an activating group) is 1. The van der Waals surface area contributed by atoms with Crippen molar-refractivity contribution in [2.45, 2.75) is 31.7 Å². The quantitative estimate of drug-likeness (QED) is 0.824. The molecule has 0 bridgehead atoms. The SMILES string of the molecule is COc1ccnc(CN2CCC3(CC2)CC(c2ccccc2)CN(C)C3)c1. The zero-order valence-electron chi connectivity index (χ0n) is 16.6. The van der Waals surface area contributed by atoms with Gasteiger partial charge in [-0.15, -0.1) is 0 Å². The van der Waals surface area contributed by atoms with E-state index in [-0.39, 0.29) is 0 Å². The lowest BCUT2D eigenvalue weighted by Gasteiger charge is -2.49. The van der Waals surface area contributed by atoms with Crippen molar-refractivity contribution in [1.29, 1.82) is 0 Å². The molecule has 1 atom stereocenters. The van der Waals surface area contributed by atoms with E-state index in [4.69, 9.17) is 4.74 Å². The van der Waals surface area contributed by atoms with Crippen LogP contribution < -0.4 is 4.74 Å². The van der Waals surface area contributed by atoms with Crippen LogP contribution in [0.15, 0.2) is 48.7 Å². The van der Waals surface area contributed by atoms with Gasteiger partial charge in [-0.1, -0.05) is 30.3 Å². The summed E-state index contributed by atoms with van der Waals surface area (Å²) in [5.41, 5.74) is 3.07. The second-order valence-corrected chi connectivity index (χ2v) is 8.47. The average molecular weight is 366 g/mol. The van der Waals surface area contributed by atoms with Crippen molar-refractivity contribution in [3.8, 4) is 5.75 Å². The molecule has 2 fully saturated rings. The fraction of sp³-hybridized carbons (Fsp3) is 0.522. The summed E-state index contributed by atoms with van der Waals surface area (Å²) in [4.78, 5) is 9.63. The Kier molecular flexibility index (Phi) is 5.46. The van der Waals surface area contributed by atoms with E-state index in [1.54, 1.807) is 7.11 Å². The van der Waals surface area contributed by atoms with Gasteiger partial charge in [0.05, 0.1) is 12.8 Å². The Balaban J connectivity index is 1.39. The first kappa shape index (κ1) is 18.5. The summed E-state index contributed by atoms with van der Waals surface area (Å²) in [5.74, 6) is 1.56. The van der Waals surface area contributed by atoms with Crippen LogP contribution in [-0.4, -0.2) is 55.1 Å². The summed E-state index contributed by atoms with van der Waals surface area (Å²) >= 11 is 0. The molecule has 4 rings (SSSR count). The first-order chi connectivity index (χ1) is 13.2. The fourth-order valence-electron chi connectivity index (χ4n) is 5.06. The van der Waals surface area contributed by atoms with Gasteiger partial charge < -0.3 is 9.64 Å². The van der Waals surface area contributed by atoms with E-state index in [1.165, 1.54) is 37.9 Å². The van der Waals surface area contributed by atoms with Gasteiger partial charge in [0.1, 0.15) is 5.75 Å². The molecule has 1 spiro atoms. The number of hydrogen-bond donors (Lipinski definition) is 0. The molecule has 144 valence electrons. The van der Waals surface area contributed by atoms with Crippen molar-refractivity contribution in [3.05, 3.63) is 59.9 Å². The van der Waals surface area contributed by atoms with Crippen molar-refractivity contribution in [2.24, 2.45) is 5.41 Å². The monoisotopic (exact) mass is 365 g/mol. The van der Waals surface area contributed by atoms with E-state index in [0.29, 0.717) is 11.3 Å². The molecule has 3 heterocycles. The van der Waals surface area contributed by atoms with Crippen molar-refractivity contribution in [2.75, 3.05) is 40.3 Å². The Bertz CT molecular complexity index is 740. The van der Waals surface area contributed by atoms with Crippen LogP contribution in [-0.2, 0) is 6.54 Å². The average Bonchev–Trinajstić information content (AvgIpc) is 2.70. The van der Waals surface area contributed by atoms with Crippen molar-refractivity contribution >= 4 is 0 Å². The summed E-state index contributed by atoms with van der Waals surface area (Å²) in [6.45, 7) is 5.67. The molecule has 0 aliphatic carbocycles. The maximum absolute atomic E-state index is 5.34. The lowest BCUT2D eigenvalue weighted by Crippen LogP contribution is -2.50. The maximum Gasteiger partial charge on any atom is 0.122 e. The van der Waals surface area contributed by atoms with Gasteiger partial charge in [0.25, 0.3) is 0 Å². The number of likely N-dealkylation sites (tertiary alicyclic amines) is 2. The summed E-state index contributed by atoms with van der Waals surface area (Å²) in [6, 6.07) is 15.1. The number of methoxy groups -OCH3 is 1. The molecule has 1 aromatic carbocycles. The number of ether oxygens (including phenoxy) is 1. The van der Waals surface area contributed by atoms with Crippen molar-refractivity contribution < 1.29 is 4.74 Å². The third-order valence-corrected chi connectivity index (χ3v) is 6.41. The molecule has 2 aliphatic heterocycles. The van der Waals surface area contributed by atoms with Gasteiger partial charge in [-0.2, -0.15) is 0 Å². The summed E-state index contributed by atoms with van der Waals surface area (Å²) < 4.78 is 5.34. The maximum atomic E-state index is 5.34. The molecule has 1 aromatic heterocycles. The number of hydrogen-bond acceptors (Lipinski definition) is 4. The predicted molar refractivity (Wildman–Crippen MR) is 109 cm³/mol. The lowest BCUT2D eigenvalue weighted by molar-refractivity contribution is 0.0215. The highest BCUT2D eigenvalue weighted by Gasteiger charge is 2.41. The van der Waals surface area contributed by atoms with Crippen molar-refractivity contribution in [3.63, 3.8) is 0 Å². The normalized spacial score (nSPS) is 23.4. The van der Waals surface area contributed by atoms with Gasteiger partial charge in [-0.25, -0.2) is 0 Å². The first-order valence-electron chi connectivity index (χ1n) is 10.1. The van der Waals surface area contributed by atoms with Crippen LogP contribution in [0.4, 0.5) is 0 Å². The van der Waals surface area contributed by atoms with Crippen LogP contribution in [0.5, 0.6) is 5.75 Å². The molecule has 4 nitrogen and oxygen atoms in total. The first-order valence-corrected chi connectivity index (χ1v) is 10.1. The standard InChI is InChI=1S/C23H31N3O/c1-25-16-20(19-6-4-3-5-7-19)15-23(18-25)9-12-26(13-10-23)17-21-14-22(27-2)8-11-24-21/h3-8,11,14,20H,9-10,12-13,15-18H2,1-2H3. The second-order valence-electron chi connectivity index (χ2n) is 8.47. The van der Waals surface area contributed by atoms with E-state index in [1.807, 2.05) is 12.3 Å². The third-order valence-electron chi connectivity index (χ3n) is 6.41. The smallest absolute Gasteiger partial charge is 0.122 e. The third kappa shape index (κ3) is 4.33. The Morgan fingerprint density at radius 1 is 1.15 bits per heavy atom. The van der Waals surface area contributed by atoms with E-state index in [0.717, 1.165) is 31.1 Å². The van der Waals surface area contributed by atoms with Crippen LogP contribution in [0.2, 0.25) is 0 Å². The minimum atomic E-state index is 0.464. The largest absolute Gasteiger partial charge is 0.497 e. The summed E-state index contributed by atoms with van der Waals surface area (Å²) in [5, 5.41) is 0. The Morgan fingerprint density at radius 2 is 1.93 bits per heavy atom. The van der Waals surface area contributed by atoms with Gasteiger partial charge in [0, 0.05) is 31.9 Å². The molecular weight excluding hydrogens is 334 g/mol. The second kappa shape index (κ2) is 7.99. The van der Waals surface area contributed by atoms with E-state index in [2.05, 4.69) is 58.2 Å². The van der Waals surface area contributed by atoms with Gasteiger partial charge in [0.2, 0.25) is 0 Å². The highest BCUT2D eigenvalue weighted by atomic mass is 16.5. The van der Waals surface area contributed by atoms with E-state index >= 15 is 0 Å². The van der Waals surface area contributed by atoms with Gasteiger partial charge in [-0.05, 0) is 62.4 Å². The summed E-state index contributed by atoms with van der Waals surface area (Å²) in [7, 11) is 4.01. The molecule has 4 heteroatoms. The fourth-order valence-corrected chi connectivity index (χ4v) is 5.06. The predicted octanol–water partition coefficient (Wildman–Crippen LogP) is 3.79. The lowest BCUT2D eigenvalue weighted by atomic mass is 9.68. The molecule has 0 saturated carbocycles. The van der Waals surface area contributed by atoms with E-state index in [9.17, 15) is 0 Å². The van der Waals surface area contributed by atoms with Crippen LogP contribution in [0, 0.1) is 5.41 Å².